The molecule has 65 heavy (non-hydrogen) atoms. The summed E-state index contributed by atoms with van der Waals surface area (Å²) in [7, 11) is 0. The Hall–Kier alpha value is -6.43. The number of nitrogens with zero attached hydrogens (tertiary/aromatic N) is 6. The molecule has 14 nitrogen and oxygen atoms in total. The van der Waals surface area contributed by atoms with Gasteiger partial charge in [0.15, 0.2) is 5.82 Å². The first-order chi connectivity index (χ1) is 30.9. The number of nitrogens with one attached hydrogen (secondary N) is 2. The minimum absolute atomic E-state index is 0.00685. The minimum Gasteiger partial charge on any atom is -0.481 e. The van der Waals surface area contributed by atoms with Gasteiger partial charge in [0.1, 0.15) is 34.8 Å². The number of aliphatic imine (C=N–C) groups is 1. The number of fused-ring (bicyclic) bond motifs is 3. The lowest BCUT2D eigenvalue weighted by Gasteiger charge is -2.35. The van der Waals surface area contributed by atoms with Crippen molar-refractivity contribution in [3.8, 4) is 26.6 Å². The monoisotopic (exact) mass is 916 g/mol. The van der Waals surface area contributed by atoms with Crippen LogP contribution in [0.4, 0.5) is 4.39 Å². The van der Waals surface area contributed by atoms with Crippen LogP contribution in [-0.4, -0.2) is 89.0 Å². The number of carbonyl (C=O) groups excluding carboxylic acids is 3. The summed E-state index contributed by atoms with van der Waals surface area (Å²) in [6.45, 7) is 13.3. The molecule has 0 saturated carbocycles. The van der Waals surface area contributed by atoms with Gasteiger partial charge in [0.25, 0.3) is 5.91 Å². The van der Waals surface area contributed by atoms with Gasteiger partial charge in [-0.25, -0.2) is 9.37 Å². The lowest BCUT2D eigenvalue weighted by Crippen LogP contribution is -2.57. The number of aryl methyl sites for hydroxylation is 3. The van der Waals surface area contributed by atoms with Crippen LogP contribution in [0.3, 0.4) is 0 Å². The molecule has 17 heteroatoms. The molecule has 3 amide bonds. The average Bonchev–Trinajstić information content (AvgIpc) is 4.03. The molecule has 3 aromatic carbocycles. The fourth-order valence-corrected chi connectivity index (χ4v) is 10.4. The number of halogens is 1. The normalized spacial score (nSPS) is 17.5. The maximum atomic E-state index is 16.0. The fourth-order valence-electron chi connectivity index (χ4n) is 8.38. The van der Waals surface area contributed by atoms with Gasteiger partial charge < -0.3 is 25.7 Å². The zero-order valence-electron chi connectivity index (χ0n) is 37.0. The zero-order chi connectivity index (χ0) is 46.5. The molecule has 4 atom stereocenters. The fraction of sp³-hybridized carbons (Fsp3) is 0.333. The second-order valence-electron chi connectivity index (χ2n) is 17.6. The predicted octanol–water partition coefficient (Wildman–Crippen LogP) is 7.28. The summed E-state index contributed by atoms with van der Waals surface area (Å²) in [6, 6.07) is 16.1. The highest BCUT2D eigenvalue weighted by atomic mass is 32.1. The van der Waals surface area contributed by atoms with Crippen molar-refractivity contribution >= 4 is 52.1 Å². The minimum atomic E-state index is -1.12. The summed E-state index contributed by atoms with van der Waals surface area (Å²) in [5.41, 5.74) is 7.71. The van der Waals surface area contributed by atoms with Crippen molar-refractivity contribution in [3.63, 3.8) is 0 Å². The molecule has 2 aliphatic heterocycles. The number of carboxylic acid groups (broad SMARTS) is 1. The van der Waals surface area contributed by atoms with Crippen LogP contribution in [0, 0.1) is 38.9 Å². The number of amides is 3. The highest BCUT2D eigenvalue weighted by Gasteiger charge is 2.44. The van der Waals surface area contributed by atoms with Crippen LogP contribution < -0.4 is 10.6 Å². The van der Waals surface area contributed by atoms with Crippen molar-refractivity contribution in [2.75, 3.05) is 6.54 Å². The van der Waals surface area contributed by atoms with E-state index in [1.165, 1.54) is 17.0 Å². The molecule has 0 aliphatic carbocycles. The molecule has 0 bridgehead atoms. The van der Waals surface area contributed by atoms with Crippen molar-refractivity contribution in [1.82, 2.24) is 35.3 Å². The topological polar surface area (TPSA) is 192 Å². The number of thiophene rings is 1. The maximum absolute atomic E-state index is 16.0. The van der Waals surface area contributed by atoms with Gasteiger partial charge in [-0.15, -0.1) is 32.9 Å². The zero-order valence-corrected chi connectivity index (χ0v) is 38.6. The number of benzene rings is 3. The number of rotatable bonds is 11. The molecule has 0 spiro atoms. The van der Waals surface area contributed by atoms with Crippen molar-refractivity contribution in [2.45, 2.75) is 92.1 Å². The number of hydrogen-bond acceptors (Lipinski definition) is 11. The number of carboxylic acids is 1. The molecule has 8 rings (SSSR count). The van der Waals surface area contributed by atoms with Crippen LogP contribution in [-0.2, 0) is 20.9 Å². The summed E-state index contributed by atoms with van der Waals surface area (Å²) < 4.78 is 17.9. The Balaban J connectivity index is 0.973. The number of aliphatic hydroxyl groups is 1. The molecule has 0 radical (unpaired) electrons. The number of hydrogen-bond donors (Lipinski definition) is 4. The van der Waals surface area contributed by atoms with E-state index in [-0.39, 0.29) is 37.1 Å². The van der Waals surface area contributed by atoms with Crippen LogP contribution in [0.1, 0.15) is 94.5 Å². The van der Waals surface area contributed by atoms with Crippen molar-refractivity contribution in [3.05, 3.63) is 128 Å². The molecule has 2 aliphatic rings. The van der Waals surface area contributed by atoms with Gasteiger partial charge in [0, 0.05) is 46.6 Å². The van der Waals surface area contributed by atoms with E-state index in [0.29, 0.717) is 28.5 Å². The first kappa shape index (κ1) is 45.1. The Bertz CT molecular complexity index is 2860. The first-order valence-electron chi connectivity index (χ1n) is 21.2. The second kappa shape index (κ2) is 17.9. The predicted molar refractivity (Wildman–Crippen MR) is 247 cm³/mol. The van der Waals surface area contributed by atoms with Gasteiger partial charge in [-0.1, -0.05) is 75.4 Å². The molecule has 1 fully saturated rings. The third-order valence-corrected chi connectivity index (χ3v) is 14.2. The number of aromatic nitrogens is 4. The first-order valence-corrected chi connectivity index (χ1v) is 22.9. The molecule has 1 unspecified atom stereocenters. The number of aliphatic hydroxyl groups excluding tert-OH is 1. The molecule has 336 valence electrons. The third-order valence-electron chi connectivity index (χ3n) is 12.0. The Morgan fingerprint density at radius 3 is 2.28 bits per heavy atom. The average molecular weight is 917 g/mol. The van der Waals surface area contributed by atoms with E-state index in [4.69, 9.17) is 4.99 Å². The van der Waals surface area contributed by atoms with E-state index in [2.05, 4.69) is 25.8 Å². The van der Waals surface area contributed by atoms with Crippen LogP contribution in [0.25, 0.3) is 26.6 Å². The summed E-state index contributed by atoms with van der Waals surface area (Å²) in [5, 5.41) is 35.6. The van der Waals surface area contributed by atoms with Gasteiger partial charge in [-0.3, -0.25) is 28.7 Å². The Kier molecular flexibility index (Phi) is 12.4. The molecular formula is C48H49FN8O6S2. The lowest BCUT2D eigenvalue weighted by atomic mass is 9.85. The van der Waals surface area contributed by atoms with E-state index in [1.54, 1.807) is 61.1 Å². The number of likely N-dealkylation sites (tertiary alicyclic amines) is 1. The van der Waals surface area contributed by atoms with Gasteiger partial charge in [-0.2, -0.15) is 0 Å². The largest absolute Gasteiger partial charge is 0.481 e. The van der Waals surface area contributed by atoms with Crippen LogP contribution >= 0.6 is 22.7 Å². The van der Waals surface area contributed by atoms with Gasteiger partial charge in [0.05, 0.1) is 34.3 Å². The number of β-amino-alcohol motifs (C(OH)–C–C–N with tert-alkyl or cyclic N) is 1. The van der Waals surface area contributed by atoms with E-state index in [1.807, 2.05) is 68.7 Å². The Morgan fingerprint density at radius 1 is 0.938 bits per heavy atom. The molecule has 4 N–H and O–H groups in total. The number of carbonyl (C=O) groups is 4. The van der Waals surface area contributed by atoms with E-state index < -0.39 is 59.2 Å². The third kappa shape index (κ3) is 9.00. The lowest BCUT2D eigenvalue weighted by molar-refractivity contribution is -0.142. The molecule has 1 saturated heterocycles. The van der Waals surface area contributed by atoms with E-state index >= 15 is 4.39 Å². The van der Waals surface area contributed by atoms with Crippen molar-refractivity contribution < 1.29 is 33.8 Å². The highest BCUT2D eigenvalue weighted by molar-refractivity contribution is 7.15. The molecule has 5 heterocycles. The summed E-state index contributed by atoms with van der Waals surface area (Å²) >= 11 is 3.11. The quantitative estimate of drug-likeness (QED) is 0.103. The molecule has 3 aromatic heterocycles. The maximum Gasteiger partial charge on any atom is 0.306 e. The second-order valence-corrected chi connectivity index (χ2v) is 19.7. The van der Waals surface area contributed by atoms with Crippen LogP contribution in [0.2, 0.25) is 0 Å². The van der Waals surface area contributed by atoms with Crippen LogP contribution in [0.5, 0.6) is 0 Å². The molecule has 6 aromatic rings. The van der Waals surface area contributed by atoms with E-state index in [9.17, 15) is 29.4 Å². The van der Waals surface area contributed by atoms with Crippen molar-refractivity contribution in [2.24, 2.45) is 10.4 Å². The highest BCUT2D eigenvalue weighted by Crippen LogP contribution is 2.40. The Labute approximate surface area is 383 Å². The van der Waals surface area contributed by atoms with E-state index in [0.717, 1.165) is 48.8 Å². The SMILES string of the molecule is Cc1ncsc1-c1ccc(CNC(=O)[C@@H]2C[C@@H](O)CN2C(=O)C(NC(=O)c2ccc(-c3ccc(C4=N[C@@H](CC(=O)O)c5nnc(C)n5-c5sc(C)c(C)c54)cc3)c(F)c2)C(C)(C)C)cc1. The number of thiazole rings is 1. The van der Waals surface area contributed by atoms with Crippen molar-refractivity contribution in [1.29, 1.82) is 0 Å². The van der Waals surface area contributed by atoms with Gasteiger partial charge in [0.2, 0.25) is 11.8 Å². The van der Waals surface area contributed by atoms with Crippen LogP contribution in [0.15, 0.2) is 77.2 Å². The van der Waals surface area contributed by atoms with Gasteiger partial charge in [-0.05, 0) is 67.5 Å². The Morgan fingerprint density at radius 2 is 1.63 bits per heavy atom. The summed E-state index contributed by atoms with van der Waals surface area (Å²) in [4.78, 5) is 66.3. The molecular weight excluding hydrogens is 868 g/mol. The summed E-state index contributed by atoms with van der Waals surface area (Å²) in [5.74, 6) is -2.26. The summed E-state index contributed by atoms with van der Waals surface area (Å²) in [6.07, 6.45) is -1.19. The smallest absolute Gasteiger partial charge is 0.306 e. The van der Waals surface area contributed by atoms with Gasteiger partial charge >= 0.3 is 5.97 Å². The number of aliphatic carboxylic acids is 1. The standard InChI is InChI=1S/C48H49FN8O6S2/c1-24-26(3)65-47-39(24)40(52-36(20-38(59)60)43-55-54-27(4)57(43)47)30-14-12-29(13-15-30)34-17-16-32(18-35(34)49)44(61)53-42(48(5,6)7)46(63)56-22-33(58)19-37(56)45(62)50-21-28-8-10-31(11-9-28)41-25(2)51-23-64-41/h8-18,23,33,36-37,42,58H,19-22H2,1-7H3,(H,50,62)(H,53,61)(H,59,60)/t33-,36+,37+,42?/m1/s1.